The molecule has 152 valence electrons. The van der Waals surface area contributed by atoms with Gasteiger partial charge in [0, 0.05) is 49.9 Å². The van der Waals surface area contributed by atoms with Crippen molar-refractivity contribution >= 4 is 11.6 Å². The van der Waals surface area contributed by atoms with Gasteiger partial charge in [-0.25, -0.2) is 4.39 Å². The van der Waals surface area contributed by atoms with E-state index in [-0.39, 0.29) is 17.8 Å². The molecule has 6 heteroatoms. The topological polar surface area (TPSA) is 44.8 Å². The van der Waals surface area contributed by atoms with E-state index >= 15 is 0 Å². The Labute approximate surface area is 170 Å². The number of halogens is 1. The van der Waals surface area contributed by atoms with Crippen LogP contribution in [-0.2, 0) is 4.74 Å². The average Bonchev–Trinajstić information content (AvgIpc) is 3.35. The van der Waals surface area contributed by atoms with Crippen molar-refractivity contribution in [1.29, 1.82) is 0 Å². The van der Waals surface area contributed by atoms with E-state index in [1.54, 1.807) is 12.1 Å². The van der Waals surface area contributed by atoms with Gasteiger partial charge in [-0.15, -0.1) is 0 Å². The zero-order valence-electron chi connectivity index (χ0n) is 16.4. The molecule has 3 aliphatic rings. The monoisotopic (exact) mass is 395 g/mol. The van der Waals surface area contributed by atoms with Crippen LogP contribution in [-0.4, -0.2) is 56.7 Å². The standard InChI is InChI=1S/C23H26FN3O2/c24-19-3-1-2-17(12-19)22-21-14-25-13-18(21)15-27(22)23(28)16-4-6-20(7-5-16)26-8-10-29-11-9-26/h1-7,12,18,21-22,25H,8-11,13-15H2/t18-,21-,22-/m0/s1. The first-order chi connectivity index (χ1) is 14.2. The van der Waals surface area contributed by atoms with Crippen LogP contribution in [0, 0.1) is 17.7 Å². The number of carbonyl (C=O) groups excluding carboxylic acids is 1. The fourth-order valence-corrected chi connectivity index (χ4v) is 5.05. The summed E-state index contributed by atoms with van der Waals surface area (Å²) in [6.45, 7) is 5.71. The second-order valence-corrected chi connectivity index (χ2v) is 8.19. The summed E-state index contributed by atoms with van der Waals surface area (Å²) in [5.74, 6) is 0.523. The molecule has 2 aromatic carbocycles. The molecule has 1 amide bonds. The van der Waals surface area contributed by atoms with Crippen LogP contribution in [0.25, 0.3) is 0 Å². The van der Waals surface area contributed by atoms with Crippen LogP contribution >= 0.6 is 0 Å². The van der Waals surface area contributed by atoms with Crippen molar-refractivity contribution in [2.75, 3.05) is 50.8 Å². The lowest BCUT2D eigenvalue weighted by atomic mass is 9.89. The number of carbonyl (C=O) groups is 1. The van der Waals surface area contributed by atoms with Crippen molar-refractivity contribution in [3.8, 4) is 0 Å². The summed E-state index contributed by atoms with van der Waals surface area (Å²) in [6, 6.07) is 14.5. The fraction of sp³-hybridized carbons (Fsp3) is 0.435. The van der Waals surface area contributed by atoms with Gasteiger partial charge in [-0.2, -0.15) is 0 Å². The summed E-state index contributed by atoms with van der Waals surface area (Å²) in [6.07, 6.45) is 0. The highest BCUT2D eigenvalue weighted by Gasteiger charge is 2.46. The summed E-state index contributed by atoms with van der Waals surface area (Å²) < 4.78 is 19.3. The van der Waals surface area contributed by atoms with E-state index in [4.69, 9.17) is 4.74 Å². The van der Waals surface area contributed by atoms with Crippen molar-refractivity contribution in [1.82, 2.24) is 10.2 Å². The number of nitrogens with one attached hydrogen (secondary N) is 1. The summed E-state index contributed by atoms with van der Waals surface area (Å²) in [5, 5.41) is 3.43. The number of hydrogen-bond donors (Lipinski definition) is 1. The van der Waals surface area contributed by atoms with Gasteiger partial charge in [0.25, 0.3) is 5.91 Å². The van der Waals surface area contributed by atoms with Crippen molar-refractivity contribution in [2.45, 2.75) is 6.04 Å². The maximum absolute atomic E-state index is 13.9. The second kappa shape index (κ2) is 7.76. The largest absolute Gasteiger partial charge is 0.378 e. The highest BCUT2D eigenvalue weighted by molar-refractivity contribution is 5.95. The predicted octanol–water partition coefficient (Wildman–Crippen LogP) is 2.70. The molecule has 0 bridgehead atoms. The van der Waals surface area contributed by atoms with E-state index in [9.17, 15) is 9.18 Å². The molecule has 3 fully saturated rings. The Kier molecular flexibility index (Phi) is 4.97. The van der Waals surface area contributed by atoms with Crippen molar-refractivity contribution in [3.63, 3.8) is 0 Å². The van der Waals surface area contributed by atoms with Crippen LogP contribution in [0.2, 0.25) is 0 Å². The molecule has 0 aromatic heterocycles. The van der Waals surface area contributed by atoms with E-state index in [0.717, 1.165) is 50.6 Å². The molecule has 0 saturated carbocycles. The Morgan fingerprint density at radius 1 is 1.07 bits per heavy atom. The molecule has 5 rings (SSSR count). The predicted molar refractivity (Wildman–Crippen MR) is 110 cm³/mol. The Morgan fingerprint density at radius 2 is 1.86 bits per heavy atom. The number of anilines is 1. The third-order valence-corrected chi connectivity index (χ3v) is 6.51. The average molecular weight is 395 g/mol. The maximum atomic E-state index is 13.9. The molecule has 3 heterocycles. The summed E-state index contributed by atoms with van der Waals surface area (Å²) in [7, 11) is 0. The van der Waals surface area contributed by atoms with E-state index in [1.165, 1.54) is 6.07 Å². The van der Waals surface area contributed by atoms with Gasteiger partial charge in [-0.05, 0) is 47.9 Å². The molecule has 5 nitrogen and oxygen atoms in total. The molecule has 2 aromatic rings. The molecule has 0 aliphatic carbocycles. The SMILES string of the molecule is O=C(c1ccc(N2CCOCC2)cc1)N1C[C@@H]2CNC[C@@H]2[C@@H]1c1cccc(F)c1. The molecule has 1 N–H and O–H groups in total. The van der Waals surface area contributed by atoms with Crippen LogP contribution in [0.1, 0.15) is 22.0 Å². The van der Waals surface area contributed by atoms with Crippen LogP contribution in [0.3, 0.4) is 0 Å². The molecule has 3 saturated heterocycles. The van der Waals surface area contributed by atoms with E-state index in [0.29, 0.717) is 23.9 Å². The minimum absolute atomic E-state index is 0.0298. The first kappa shape index (κ1) is 18.6. The van der Waals surface area contributed by atoms with E-state index in [2.05, 4.69) is 10.2 Å². The quantitative estimate of drug-likeness (QED) is 0.868. The molecule has 0 unspecified atom stereocenters. The normalized spacial score (nSPS) is 26.6. The summed E-state index contributed by atoms with van der Waals surface area (Å²) in [4.78, 5) is 17.6. The third-order valence-electron chi connectivity index (χ3n) is 6.51. The molecule has 0 radical (unpaired) electrons. The molecular formula is C23H26FN3O2. The Balaban J connectivity index is 1.40. The fourth-order valence-electron chi connectivity index (χ4n) is 5.05. The lowest BCUT2D eigenvalue weighted by Gasteiger charge is -2.30. The lowest BCUT2D eigenvalue weighted by Crippen LogP contribution is -2.36. The second-order valence-electron chi connectivity index (χ2n) is 8.19. The molecule has 3 aliphatic heterocycles. The van der Waals surface area contributed by atoms with Gasteiger partial charge in [0.05, 0.1) is 19.3 Å². The first-order valence-electron chi connectivity index (χ1n) is 10.4. The van der Waals surface area contributed by atoms with Gasteiger partial charge in [-0.1, -0.05) is 12.1 Å². The highest BCUT2D eigenvalue weighted by atomic mass is 19.1. The minimum atomic E-state index is -0.251. The van der Waals surface area contributed by atoms with Crippen LogP contribution in [0.5, 0.6) is 0 Å². The number of rotatable bonds is 3. The van der Waals surface area contributed by atoms with Crippen LogP contribution < -0.4 is 10.2 Å². The zero-order chi connectivity index (χ0) is 19.8. The Morgan fingerprint density at radius 3 is 2.62 bits per heavy atom. The number of hydrogen-bond acceptors (Lipinski definition) is 4. The summed E-state index contributed by atoms with van der Waals surface area (Å²) in [5.41, 5.74) is 2.70. The van der Waals surface area contributed by atoms with E-state index in [1.807, 2.05) is 35.2 Å². The lowest BCUT2D eigenvalue weighted by molar-refractivity contribution is 0.0713. The number of nitrogens with zero attached hydrogens (tertiary/aromatic N) is 2. The Hall–Kier alpha value is -2.44. The number of fused-ring (bicyclic) bond motifs is 1. The molecule has 29 heavy (non-hydrogen) atoms. The smallest absolute Gasteiger partial charge is 0.254 e. The molecule has 3 atom stereocenters. The van der Waals surface area contributed by atoms with Crippen LogP contribution in [0.15, 0.2) is 48.5 Å². The van der Waals surface area contributed by atoms with Gasteiger partial charge < -0.3 is 19.9 Å². The van der Waals surface area contributed by atoms with E-state index < -0.39 is 0 Å². The number of ether oxygens (including phenoxy) is 1. The molecular weight excluding hydrogens is 369 g/mol. The van der Waals surface area contributed by atoms with Gasteiger partial charge >= 0.3 is 0 Å². The van der Waals surface area contributed by atoms with Gasteiger partial charge in [0.2, 0.25) is 0 Å². The Bertz CT molecular complexity index is 882. The van der Waals surface area contributed by atoms with Gasteiger partial charge in [-0.3, -0.25) is 4.79 Å². The molecule has 0 spiro atoms. The van der Waals surface area contributed by atoms with Gasteiger partial charge in [0.1, 0.15) is 5.82 Å². The van der Waals surface area contributed by atoms with Crippen molar-refractivity contribution in [3.05, 3.63) is 65.5 Å². The zero-order valence-corrected chi connectivity index (χ0v) is 16.4. The maximum Gasteiger partial charge on any atom is 0.254 e. The first-order valence-corrected chi connectivity index (χ1v) is 10.4. The number of benzene rings is 2. The summed E-state index contributed by atoms with van der Waals surface area (Å²) >= 11 is 0. The van der Waals surface area contributed by atoms with Crippen molar-refractivity contribution < 1.29 is 13.9 Å². The number of amides is 1. The number of likely N-dealkylation sites (tertiary alicyclic amines) is 1. The van der Waals surface area contributed by atoms with Crippen molar-refractivity contribution in [2.24, 2.45) is 11.8 Å². The third kappa shape index (κ3) is 3.51. The van der Waals surface area contributed by atoms with Gasteiger partial charge in [0.15, 0.2) is 0 Å². The van der Waals surface area contributed by atoms with Crippen LogP contribution in [0.4, 0.5) is 10.1 Å². The minimum Gasteiger partial charge on any atom is -0.378 e. The number of morpholine rings is 1. The highest BCUT2D eigenvalue weighted by Crippen LogP contribution is 2.43.